The zero-order valence-electron chi connectivity index (χ0n) is 14.1. The zero-order chi connectivity index (χ0) is 16.0. The lowest BCUT2D eigenvalue weighted by atomic mass is 10.1. The van der Waals surface area contributed by atoms with Gasteiger partial charge in [-0.25, -0.2) is 9.97 Å². The van der Waals surface area contributed by atoms with Crippen LogP contribution in [0.15, 0.2) is 6.20 Å². The summed E-state index contributed by atoms with van der Waals surface area (Å²) in [6, 6.07) is 0. The topological polar surface area (TPSA) is 58.1 Å². The molecule has 0 unspecified atom stereocenters. The summed E-state index contributed by atoms with van der Waals surface area (Å²) < 4.78 is 0. The molecule has 0 aliphatic carbocycles. The smallest absolute Gasteiger partial charge is 0.274 e. The first-order valence-electron chi connectivity index (χ1n) is 7.80. The Balaban J connectivity index is 3.16. The van der Waals surface area contributed by atoms with Gasteiger partial charge in [-0.2, -0.15) is 0 Å². The molecule has 0 saturated heterocycles. The van der Waals surface area contributed by atoms with E-state index in [-0.39, 0.29) is 11.8 Å². The molecule has 1 amide bonds. The van der Waals surface area contributed by atoms with Gasteiger partial charge in [0, 0.05) is 25.6 Å². The molecule has 21 heavy (non-hydrogen) atoms. The molecule has 0 bridgehead atoms. The summed E-state index contributed by atoms with van der Waals surface area (Å²) in [7, 11) is 0. The molecule has 0 aliphatic rings. The summed E-state index contributed by atoms with van der Waals surface area (Å²) in [6.45, 7) is 14.4. The van der Waals surface area contributed by atoms with E-state index >= 15 is 0 Å². The van der Waals surface area contributed by atoms with Crippen molar-refractivity contribution >= 4 is 11.6 Å². The monoisotopic (exact) mass is 292 g/mol. The highest BCUT2D eigenvalue weighted by Crippen LogP contribution is 2.18. The van der Waals surface area contributed by atoms with E-state index in [1.165, 1.54) is 0 Å². The summed E-state index contributed by atoms with van der Waals surface area (Å²) in [5.74, 6) is 1.32. The molecule has 1 N–H and O–H groups in total. The highest BCUT2D eigenvalue weighted by atomic mass is 16.2. The second-order valence-electron chi connectivity index (χ2n) is 5.91. The Labute approximate surface area is 128 Å². The molecule has 118 valence electrons. The molecule has 5 heteroatoms. The average Bonchev–Trinajstić information content (AvgIpc) is 2.44. The van der Waals surface area contributed by atoms with Gasteiger partial charge < -0.3 is 10.2 Å². The number of carbonyl (C=O) groups is 1. The first-order chi connectivity index (χ1) is 9.90. The fraction of sp³-hybridized carbons (Fsp3) is 0.688. The number of hydrogen-bond acceptors (Lipinski definition) is 4. The molecule has 1 aromatic heterocycles. The van der Waals surface area contributed by atoms with Gasteiger partial charge in [0.25, 0.3) is 5.91 Å². The molecule has 0 saturated carbocycles. The van der Waals surface area contributed by atoms with E-state index in [1.54, 1.807) is 6.20 Å². The van der Waals surface area contributed by atoms with Crippen LogP contribution in [0.4, 0.5) is 5.69 Å². The lowest BCUT2D eigenvalue weighted by molar-refractivity contribution is 0.0740. The van der Waals surface area contributed by atoms with Crippen LogP contribution in [0.3, 0.4) is 0 Å². The van der Waals surface area contributed by atoms with Gasteiger partial charge in [-0.1, -0.05) is 27.7 Å². The summed E-state index contributed by atoms with van der Waals surface area (Å²) in [5, 5.41) is 3.18. The number of nitrogens with zero attached hydrogens (tertiary/aromatic N) is 3. The van der Waals surface area contributed by atoms with E-state index in [4.69, 9.17) is 0 Å². The van der Waals surface area contributed by atoms with Gasteiger partial charge in [0.15, 0.2) is 5.69 Å². The van der Waals surface area contributed by atoms with Gasteiger partial charge in [0.05, 0.1) is 11.9 Å². The molecule has 0 radical (unpaired) electrons. The Morgan fingerprint density at radius 1 is 1.29 bits per heavy atom. The molecule has 5 nitrogen and oxygen atoms in total. The van der Waals surface area contributed by atoms with Crippen LogP contribution in [-0.4, -0.2) is 40.4 Å². The number of hydrogen-bond donors (Lipinski definition) is 1. The SMILES string of the molecule is CCNc1cnc(C(C)C)nc1C(=O)N(CC)CC(C)C. The lowest BCUT2D eigenvalue weighted by Crippen LogP contribution is -2.35. The minimum Gasteiger partial charge on any atom is -0.382 e. The third kappa shape index (κ3) is 4.69. The first kappa shape index (κ1) is 17.4. The zero-order valence-corrected chi connectivity index (χ0v) is 14.1. The highest BCUT2D eigenvalue weighted by molar-refractivity contribution is 5.97. The molecule has 1 rings (SSSR count). The van der Waals surface area contributed by atoms with Gasteiger partial charge in [0.2, 0.25) is 0 Å². The molecular formula is C16H28N4O. The third-order valence-corrected chi connectivity index (χ3v) is 3.15. The van der Waals surface area contributed by atoms with Gasteiger partial charge in [0.1, 0.15) is 5.82 Å². The standard InChI is InChI=1S/C16H28N4O/c1-7-17-13-9-18-15(12(5)6)19-14(13)16(21)20(8-2)10-11(3)4/h9,11-12,17H,7-8,10H2,1-6H3. The van der Waals surface area contributed by atoms with Gasteiger partial charge in [-0.3, -0.25) is 4.79 Å². The van der Waals surface area contributed by atoms with E-state index in [0.29, 0.717) is 29.7 Å². The number of anilines is 1. The molecule has 0 aliphatic heterocycles. The lowest BCUT2D eigenvalue weighted by Gasteiger charge is -2.24. The number of carbonyl (C=O) groups excluding carboxylic acids is 1. The van der Waals surface area contributed by atoms with E-state index in [9.17, 15) is 4.79 Å². The number of amides is 1. The van der Waals surface area contributed by atoms with Gasteiger partial charge in [-0.05, 0) is 19.8 Å². The summed E-state index contributed by atoms with van der Waals surface area (Å²) >= 11 is 0. The molecule has 0 spiro atoms. The second-order valence-corrected chi connectivity index (χ2v) is 5.91. The van der Waals surface area contributed by atoms with E-state index in [1.807, 2.05) is 32.6 Å². The van der Waals surface area contributed by atoms with Crippen molar-refractivity contribution in [2.24, 2.45) is 5.92 Å². The van der Waals surface area contributed by atoms with Crippen molar-refractivity contribution in [3.63, 3.8) is 0 Å². The summed E-state index contributed by atoms with van der Waals surface area (Å²) in [5.41, 5.74) is 1.20. The molecule has 0 atom stereocenters. The van der Waals surface area contributed by atoms with Crippen LogP contribution in [0, 0.1) is 5.92 Å². The van der Waals surface area contributed by atoms with Gasteiger partial charge in [-0.15, -0.1) is 0 Å². The summed E-state index contributed by atoms with van der Waals surface area (Å²) in [4.78, 5) is 23.5. The molecule has 1 aromatic rings. The number of rotatable bonds is 7. The van der Waals surface area contributed by atoms with Crippen LogP contribution in [0.5, 0.6) is 0 Å². The second kappa shape index (κ2) is 7.96. The van der Waals surface area contributed by atoms with Crippen molar-refractivity contribution in [2.45, 2.75) is 47.5 Å². The number of aromatic nitrogens is 2. The van der Waals surface area contributed by atoms with Crippen molar-refractivity contribution in [3.05, 3.63) is 17.7 Å². The molecule has 0 fully saturated rings. The predicted octanol–water partition coefficient (Wildman–Crippen LogP) is 3.15. The van der Waals surface area contributed by atoms with Crippen LogP contribution in [0.25, 0.3) is 0 Å². The molecule has 0 aromatic carbocycles. The molecular weight excluding hydrogens is 264 g/mol. The minimum atomic E-state index is -0.0218. The van der Waals surface area contributed by atoms with E-state index < -0.39 is 0 Å². The van der Waals surface area contributed by atoms with Crippen LogP contribution < -0.4 is 5.32 Å². The Hall–Kier alpha value is -1.65. The van der Waals surface area contributed by atoms with Crippen molar-refractivity contribution < 1.29 is 4.79 Å². The van der Waals surface area contributed by atoms with Crippen LogP contribution >= 0.6 is 0 Å². The summed E-state index contributed by atoms with van der Waals surface area (Å²) in [6.07, 6.45) is 1.72. The van der Waals surface area contributed by atoms with Crippen LogP contribution in [0.1, 0.15) is 63.8 Å². The fourth-order valence-electron chi connectivity index (χ4n) is 2.10. The Morgan fingerprint density at radius 2 is 1.95 bits per heavy atom. The van der Waals surface area contributed by atoms with Gasteiger partial charge >= 0.3 is 0 Å². The maximum atomic E-state index is 12.8. The maximum Gasteiger partial charge on any atom is 0.274 e. The Kier molecular flexibility index (Phi) is 6.59. The van der Waals surface area contributed by atoms with Crippen molar-refractivity contribution in [3.8, 4) is 0 Å². The minimum absolute atomic E-state index is 0.0218. The third-order valence-electron chi connectivity index (χ3n) is 3.15. The van der Waals surface area contributed by atoms with E-state index in [2.05, 4.69) is 29.1 Å². The normalized spacial score (nSPS) is 11.0. The fourth-order valence-corrected chi connectivity index (χ4v) is 2.10. The Bertz CT molecular complexity index is 471. The quantitative estimate of drug-likeness (QED) is 0.838. The maximum absolute atomic E-state index is 12.8. The van der Waals surface area contributed by atoms with E-state index in [0.717, 1.165) is 13.1 Å². The largest absolute Gasteiger partial charge is 0.382 e. The molecule has 1 heterocycles. The first-order valence-corrected chi connectivity index (χ1v) is 7.80. The van der Waals surface area contributed by atoms with Crippen LogP contribution in [0.2, 0.25) is 0 Å². The van der Waals surface area contributed by atoms with Crippen LogP contribution in [-0.2, 0) is 0 Å². The Morgan fingerprint density at radius 3 is 2.43 bits per heavy atom. The predicted molar refractivity (Wildman–Crippen MR) is 86.7 cm³/mol. The van der Waals surface area contributed by atoms with Crippen molar-refractivity contribution in [2.75, 3.05) is 25.0 Å². The van der Waals surface area contributed by atoms with Crippen molar-refractivity contribution in [1.82, 2.24) is 14.9 Å². The average molecular weight is 292 g/mol. The number of nitrogens with one attached hydrogen (secondary N) is 1. The van der Waals surface area contributed by atoms with Crippen molar-refractivity contribution in [1.29, 1.82) is 0 Å². The highest BCUT2D eigenvalue weighted by Gasteiger charge is 2.21.